The van der Waals surface area contributed by atoms with Crippen LogP contribution in [0.4, 0.5) is 5.82 Å². The van der Waals surface area contributed by atoms with Crippen LogP contribution in [0.1, 0.15) is 29.4 Å². The molecule has 0 radical (unpaired) electrons. The quantitative estimate of drug-likeness (QED) is 0.896. The number of benzene rings is 1. The van der Waals surface area contributed by atoms with Gasteiger partial charge in [-0.15, -0.1) is 0 Å². The second-order valence-electron chi connectivity index (χ2n) is 4.55. The minimum absolute atomic E-state index is 0.195. The molecule has 2 heterocycles. The van der Waals surface area contributed by atoms with Crippen LogP contribution in [0.3, 0.4) is 0 Å². The average molecular weight is 273 g/mol. The van der Waals surface area contributed by atoms with Crippen LogP contribution >= 0.6 is 0 Å². The number of anilines is 1. The van der Waals surface area contributed by atoms with Gasteiger partial charge in [-0.1, -0.05) is 13.3 Å². The molecule has 0 bridgehead atoms. The molecule has 20 heavy (non-hydrogen) atoms. The maximum Gasteiger partial charge on any atom is 0.257 e. The summed E-state index contributed by atoms with van der Waals surface area (Å²) in [6.45, 7) is 2.28. The molecular weight excluding hydrogens is 258 g/mol. The molecule has 0 saturated heterocycles. The van der Waals surface area contributed by atoms with Crippen molar-refractivity contribution in [3.05, 3.63) is 35.5 Å². The number of hydrogen-bond donors (Lipinski definition) is 2. The van der Waals surface area contributed by atoms with Crippen LogP contribution in [0.2, 0.25) is 0 Å². The second kappa shape index (κ2) is 5.24. The number of amides is 1. The van der Waals surface area contributed by atoms with E-state index in [1.165, 1.54) is 0 Å². The molecule has 2 aromatic rings. The maximum absolute atomic E-state index is 12.1. The molecule has 2 N–H and O–H groups in total. The van der Waals surface area contributed by atoms with Crippen LogP contribution in [-0.2, 0) is 6.42 Å². The Kier molecular flexibility index (Phi) is 3.28. The van der Waals surface area contributed by atoms with Crippen molar-refractivity contribution in [2.24, 2.45) is 0 Å². The second-order valence-corrected chi connectivity index (χ2v) is 4.55. The van der Waals surface area contributed by atoms with Gasteiger partial charge < -0.3 is 14.8 Å². The van der Waals surface area contributed by atoms with Gasteiger partial charge in [0.2, 0.25) is 6.79 Å². The normalized spacial score (nSPS) is 12.4. The van der Waals surface area contributed by atoms with E-state index in [1.807, 2.05) is 6.07 Å². The third-order valence-electron chi connectivity index (χ3n) is 3.03. The zero-order chi connectivity index (χ0) is 13.9. The van der Waals surface area contributed by atoms with Crippen LogP contribution in [0, 0.1) is 0 Å². The average Bonchev–Trinajstić information content (AvgIpc) is 3.07. The highest BCUT2D eigenvalue weighted by atomic mass is 16.7. The molecule has 1 aromatic heterocycles. The van der Waals surface area contributed by atoms with Crippen LogP contribution in [0.25, 0.3) is 0 Å². The van der Waals surface area contributed by atoms with Crippen LogP contribution in [-0.4, -0.2) is 22.9 Å². The van der Waals surface area contributed by atoms with Gasteiger partial charge in [0.15, 0.2) is 17.3 Å². The Balaban J connectivity index is 1.72. The summed E-state index contributed by atoms with van der Waals surface area (Å²) in [5.74, 6) is 1.55. The number of carbonyl (C=O) groups is 1. The number of H-pyrrole nitrogens is 1. The van der Waals surface area contributed by atoms with Crippen LogP contribution < -0.4 is 14.8 Å². The number of aromatic amines is 1. The Morgan fingerprint density at radius 1 is 1.35 bits per heavy atom. The summed E-state index contributed by atoms with van der Waals surface area (Å²) in [4.78, 5) is 12.1. The van der Waals surface area contributed by atoms with Gasteiger partial charge in [0.05, 0.1) is 0 Å². The van der Waals surface area contributed by atoms with Crippen molar-refractivity contribution in [2.75, 3.05) is 12.1 Å². The summed E-state index contributed by atoms with van der Waals surface area (Å²) in [7, 11) is 0. The number of hydrogen-bond acceptors (Lipinski definition) is 4. The van der Waals surface area contributed by atoms with Gasteiger partial charge in [-0.05, 0) is 24.6 Å². The molecule has 0 fully saturated rings. The fourth-order valence-electron chi connectivity index (χ4n) is 2.05. The first-order valence-electron chi connectivity index (χ1n) is 6.51. The lowest BCUT2D eigenvalue weighted by Crippen LogP contribution is -2.12. The highest BCUT2D eigenvalue weighted by Crippen LogP contribution is 2.32. The van der Waals surface area contributed by atoms with E-state index in [-0.39, 0.29) is 12.7 Å². The molecule has 0 atom stereocenters. The van der Waals surface area contributed by atoms with E-state index in [0.29, 0.717) is 22.9 Å². The number of fused-ring (bicyclic) bond motifs is 1. The van der Waals surface area contributed by atoms with Gasteiger partial charge in [-0.25, -0.2) is 0 Å². The van der Waals surface area contributed by atoms with Gasteiger partial charge in [-0.3, -0.25) is 9.89 Å². The van der Waals surface area contributed by atoms with Crippen molar-refractivity contribution in [1.82, 2.24) is 10.2 Å². The molecule has 0 aliphatic carbocycles. The lowest BCUT2D eigenvalue weighted by atomic mass is 10.2. The Hall–Kier alpha value is -2.50. The first kappa shape index (κ1) is 12.5. The lowest BCUT2D eigenvalue weighted by Gasteiger charge is -2.03. The topological polar surface area (TPSA) is 76.2 Å². The lowest BCUT2D eigenvalue weighted by molar-refractivity contribution is 0.102. The Morgan fingerprint density at radius 3 is 3.05 bits per heavy atom. The van der Waals surface area contributed by atoms with E-state index >= 15 is 0 Å². The molecule has 1 amide bonds. The summed E-state index contributed by atoms with van der Waals surface area (Å²) < 4.78 is 10.5. The van der Waals surface area contributed by atoms with Crippen molar-refractivity contribution in [3.8, 4) is 11.5 Å². The summed E-state index contributed by atoms with van der Waals surface area (Å²) in [6, 6.07) is 6.93. The smallest absolute Gasteiger partial charge is 0.257 e. The molecule has 0 saturated carbocycles. The molecule has 1 aliphatic heterocycles. The van der Waals surface area contributed by atoms with Crippen LogP contribution in [0.5, 0.6) is 11.5 Å². The number of nitrogens with one attached hydrogen (secondary N) is 2. The summed E-state index contributed by atoms with van der Waals surface area (Å²) in [5, 5.41) is 9.71. The molecular formula is C14H15N3O3. The zero-order valence-electron chi connectivity index (χ0n) is 11.1. The van der Waals surface area contributed by atoms with Crippen molar-refractivity contribution in [3.63, 3.8) is 0 Å². The monoisotopic (exact) mass is 273 g/mol. The molecule has 1 aromatic carbocycles. The van der Waals surface area contributed by atoms with Gasteiger partial charge >= 0.3 is 0 Å². The SMILES string of the molecule is CCCc1cc(NC(=O)c2ccc3c(c2)OCO3)n[nH]1. The largest absolute Gasteiger partial charge is 0.454 e. The predicted octanol–water partition coefficient (Wildman–Crippen LogP) is 2.34. The van der Waals surface area contributed by atoms with Gasteiger partial charge in [-0.2, -0.15) is 5.10 Å². The Labute approximate surface area is 116 Å². The predicted molar refractivity (Wildman–Crippen MR) is 73.1 cm³/mol. The summed E-state index contributed by atoms with van der Waals surface area (Å²) >= 11 is 0. The molecule has 104 valence electrons. The van der Waals surface area contributed by atoms with E-state index in [0.717, 1.165) is 18.5 Å². The third-order valence-corrected chi connectivity index (χ3v) is 3.03. The fourth-order valence-corrected chi connectivity index (χ4v) is 2.05. The number of aryl methyl sites for hydroxylation is 1. The Morgan fingerprint density at radius 2 is 2.20 bits per heavy atom. The van der Waals surface area contributed by atoms with E-state index in [4.69, 9.17) is 9.47 Å². The zero-order valence-corrected chi connectivity index (χ0v) is 11.1. The molecule has 1 aliphatic rings. The number of aromatic nitrogens is 2. The van der Waals surface area contributed by atoms with E-state index < -0.39 is 0 Å². The molecule has 0 spiro atoms. The molecule has 0 unspecified atom stereocenters. The highest BCUT2D eigenvalue weighted by Gasteiger charge is 2.16. The standard InChI is InChI=1S/C14H15N3O3/c1-2-3-10-7-13(17-16-10)15-14(18)9-4-5-11-12(6-9)20-8-19-11/h4-7H,2-3,8H2,1H3,(H2,15,16,17,18). The van der Waals surface area contributed by atoms with Crippen molar-refractivity contribution in [2.45, 2.75) is 19.8 Å². The van der Waals surface area contributed by atoms with Crippen molar-refractivity contribution in [1.29, 1.82) is 0 Å². The Bertz CT molecular complexity index is 636. The van der Waals surface area contributed by atoms with Crippen molar-refractivity contribution >= 4 is 11.7 Å². The highest BCUT2D eigenvalue weighted by molar-refractivity contribution is 6.04. The van der Waals surface area contributed by atoms with Gasteiger partial charge in [0.1, 0.15) is 0 Å². The maximum atomic E-state index is 12.1. The first-order chi connectivity index (χ1) is 9.76. The molecule has 6 nitrogen and oxygen atoms in total. The summed E-state index contributed by atoms with van der Waals surface area (Å²) in [5.41, 5.74) is 1.52. The number of nitrogens with zero attached hydrogens (tertiary/aromatic N) is 1. The fraction of sp³-hybridized carbons (Fsp3) is 0.286. The number of rotatable bonds is 4. The minimum Gasteiger partial charge on any atom is -0.454 e. The van der Waals surface area contributed by atoms with Crippen molar-refractivity contribution < 1.29 is 14.3 Å². The number of carbonyl (C=O) groups excluding carboxylic acids is 1. The van der Waals surface area contributed by atoms with E-state index in [9.17, 15) is 4.79 Å². The minimum atomic E-state index is -0.224. The number of ether oxygens (including phenoxy) is 2. The van der Waals surface area contributed by atoms with E-state index in [2.05, 4.69) is 22.4 Å². The first-order valence-corrected chi connectivity index (χ1v) is 6.51. The molecule has 6 heteroatoms. The van der Waals surface area contributed by atoms with Gasteiger partial charge in [0, 0.05) is 17.3 Å². The third kappa shape index (κ3) is 2.45. The summed E-state index contributed by atoms with van der Waals surface area (Å²) in [6.07, 6.45) is 1.94. The van der Waals surface area contributed by atoms with E-state index in [1.54, 1.807) is 18.2 Å². The molecule has 3 rings (SSSR count). The van der Waals surface area contributed by atoms with Gasteiger partial charge in [0.25, 0.3) is 5.91 Å². The van der Waals surface area contributed by atoms with Crippen LogP contribution in [0.15, 0.2) is 24.3 Å².